The molecule has 100 valence electrons. The maximum absolute atomic E-state index is 13.5. The van der Waals surface area contributed by atoms with Crippen molar-refractivity contribution in [1.82, 2.24) is 10.2 Å². The number of hydrogen-bond acceptors (Lipinski definition) is 2. The quantitative estimate of drug-likeness (QED) is 0.800. The van der Waals surface area contributed by atoms with Crippen molar-refractivity contribution < 1.29 is 4.39 Å². The zero-order valence-corrected chi connectivity index (χ0v) is 11.3. The van der Waals surface area contributed by atoms with Crippen LogP contribution in [0.5, 0.6) is 0 Å². The summed E-state index contributed by atoms with van der Waals surface area (Å²) in [4.78, 5) is 2.19. The summed E-state index contributed by atoms with van der Waals surface area (Å²) in [5, 5.41) is 3.54. The zero-order valence-electron chi connectivity index (χ0n) is 11.3. The van der Waals surface area contributed by atoms with E-state index in [0.29, 0.717) is 12.5 Å². The van der Waals surface area contributed by atoms with Gasteiger partial charge in [0.25, 0.3) is 0 Å². The monoisotopic (exact) mass is 250 g/mol. The van der Waals surface area contributed by atoms with Gasteiger partial charge in [-0.05, 0) is 38.4 Å². The highest BCUT2D eigenvalue weighted by atomic mass is 19.1. The molecule has 0 amide bonds. The lowest BCUT2D eigenvalue weighted by molar-refractivity contribution is 0.270. The van der Waals surface area contributed by atoms with Crippen LogP contribution in [0.15, 0.2) is 24.3 Å². The van der Waals surface area contributed by atoms with E-state index >= 15 is 0 Å². The first-order valence-electron chi connectivity index (χ1n) is 6.80. The van der Waals surface area contributed by atoms with Crippen molar-refractivity contribution in [3.63, 3.8) is 0 Å². The minimum absolute atomic E-state index is 0.104. The van der Waals surface area contributed by atoms with Crippen LogP contribution in [0.3, 0.4) is 0 Å². The lowest BCUT2D eigenvalue weighted by atomic mass is 10.1. The standard InChI is InChI=1S/C15H23FN2/c1-12(9-17-14-7-8-14)10-18(2)11-13-5-3-4-6-15(13)16/h3-6,12,14,17H,7-11H2,1-2H3. The summed E-state index contributed by atoms with van der Waals surface area (Å²) in [6.07, 6.45) is 2.66. The van der Waals surface area contributed by atoms with Crippen molar-refractivity contribution in [3.8, 4) is 0 Å². The van der Waals surface area contributed by atoms with E-state index in [0.717, 1.165) is 24.7 Å². The summed E-state index contributed by atoms with van der Waals surface area (Å²) in [6.45, 7) is 4.98. The lowest BCUT2D eigenvalue weighted by Gasteiger charge is -2.22. The zero-order chi connectivity index (χ0) is 13.0. The summed E-state index contributed by atoms with van der Waals surface area (Å²) < 4.78 is 13.5. The number of hydrogen-bond donors (Lipinski definition) is 1. The Morgan fingerprint density at radius 1 is 1.39 bits per heavy atom. The first-order chi connectivity index (χ1) is 8.65. The van der Waals surface area contributed by atoms with E-state index in [4.69, 9.17) is 0 Å². The Kier molecular flexibility index (Phi) is 4.72. The van der Waals surface area contributed by atoms with Crippen LogP contribution in [0.2, 0.25) is 0 Å². The Hall–Kier alpha value is -0.930. The first kappa shape index (κ1) is 13.5. The third-order valence-corrected chi connectivity index (χ3v) is 3.35. The lowest BCUT2D eigenvalue weighted by Crippen LogP contribution is -2.31. The fraction of sp³-hybridized carbons (Fsp3) is 0.600. The van der Waals surface area contributed by atoms with Crippen LogP contribution in [0.4, 0.5) is 4.39 Å². The molecule has 18 heavy (non-hydrogen) atoms. The largest absolute Gasteiger partial charge is 0.314 e. The Balaban J connectivity index is 1.73. The maximum atomic E-state index is 13.5. The second-order valence-electron chi connectivity index (χ2n) is 5.58. The number of benzene rings is 1. The predicted octanol–water partition coefficient (Wildman–Crippen LogP) is 2.65. The molecular formula is C15H23FN2. The molecule has 2 nitrogen and oxygen atoms in total. The summed E-state index contributed by atoms with van der Waals surface area (Å²) in [7, 11) is 2.06. The molecule has 1 atom stereocenters. The molecule has 1 aromatic rings. The van der Waals surface area contributed by atoms with Gasteiger partial charge in [-0.1, -0.05) is 25.1 Å². The molecular weight excluding hydrogens is 227 g/mol. The average molecular weight is 250 g/mol. The van der Waals surface area contributed by atoms with Crippen LogP contribution in [-0.2, 0) is 6.54 Å². The maximum Gasteiger partial charge on any atom is 0.127 e. The molecule has 0 radical (unpaired) electrons. The van der Waals surface area contributed by atoms with Gasteiger partial charge in [0.2, 0.25) is 0 Å². The van der Waals surface area contributed by atoms with E-state index in [9.17, 15) is 4.39 Å². The van der Waals surface area contributed by atoms with Crippen molar-refractivity contribution in [1.29, 1.82) is 0 Å². The molecule has 0 aromatic heterocycles. The minimum Gasteiger partial charge on any atom is -0.314 e. The predicted molar refractivity (Wildman–Crippen MR) is 72.9 cm³/mol. The Labute approximate surface area is 109 Å². The highest BCUT2D eigenvalue weighted by molar-refractivity contribution is 5.16. The van der Waals surface area contributed by atoms with Gasteiger partial charge in [0.05, 0.1) is 0 Å². The Morgan fingerprint density at radius 2 is 2.11 bits per heavy atom. The molecule has 1 fully saturated rings. The molecule has 1 aromatic carbocycles. The molecule has 0 heterocycles. The topological polar surface area (TPSA) is 15.3 Å². The van der Waals surface area contributed by atoms with E-state index < -0.39 is 0 Å². The van der Waals surface area contributed by atoms with Crippen molar-refractivity contribution >= 4 is 0 Å². The van der Waals surface area contributed by atoms with Gasteiger partial charge in [-0.2, -0.15) is 0 Å². The third-order valence-electron chi connectivity index (χ3n) is 3.35. The number of nitrogens with zero attached hydrogens (tertiary/aromatic N) is 1. The molecule has 0 aliphatic heterocycles. The van der Waals surface area contributed by atoms with Gasteiger partial charge in [-0.25, -0.2) is 4.39 Å². The second-order valence-corrected chi connectivity index (χ2v) is 5.58. The van der Waals surface area contributed by atoms with Gasteiger partial charge in [0.1, 0.15) is 5.82 Å². The van der Waals surface area contributed by atoms with Gasteiger partial charge in [0, 0.05) is 24.7 Å². The first-order valence-corrected chi connectivity index (χ1v) is 6.80. The molecule has 1 aliphatic rings. The molecule has 1 saturated carbocycles. The smallest absolute Gasteiger partial charge is 0.127 e. The van der Waals surface area contributed by atoms with Crippen LogP contribution in [0.25, 0.3) is 0 Å². The fourth-order valence-corrected chi connectivity index (χ4v) is 2.23. The number of halogens is 1. The van der Waals surface area contributed by atoms with Gasteiger partial charge in [-0.3, -0.25) is 0 Å². The molecule has 2 rings (SSSR count). The van der Waals surface area contributed by atoms with E-state index in [2.05, 4.69) is 24.2 Å². The molecule has 3 heteroatoms. The number of rotatable bonds is 7. The van der Waals surface area contributed by atoms with Gasteiger partial charge in [0.15, 0.2) is 0 Å². The fourth-order valence-electron chi connectivity index (χ4n) is 2.23. The van der Waals surface area contributed by atoms with E-state index in [1.165, 1.54) is 18.9 Å². The third kappa shape index (κ3) is 4.39. The summed E-state index contributed by atoms with van der Waals surface area (Å²) in [6, 6.07) is 7.79. The second kappa shape index (κ2) is 6.30. The van der Waals surface area contributed by atoms with E-state index in [1.807, 2.05) is 12.1 Å². The summed E-state index contributed by atoms with van der Waals surface area (Å²) in [5.41, 5.74) is 0.780. The SMILES string of the molecule is CC(CNC1CC1)CN(C)Cc1ccccc1F. The molecule has 1 unspecified atom stereocenters. The summed E-state index contributed by atoms with van der Waals surface area (Å²) in [5.74, 6) is 0.496. The van der Waals surface area contributed by atoms with Crippen molar-refractivity contribution in [3.05, 3.63) is 35.6 Å². The average Bonchev–Trinajstić information content (AvgIpc) is 3.13. The molecule has 1 N–H and O–H groups in total. The van der Waals surface area contributed by atoms with E-state index in [-0.39, 0.29) is 5.82 Å². The molecule has 0 spiro atoms. The van der Waals surface area contributed by atoms with E-state index in [1.54, 1.807) is 6.07 Å². The Bertz CT molecular complexity index is 377. The van der Waals surface area contributed by atoms with Crippen molar-refractivity contribution in [2.24, 2.45) is 5.92 Å². The van der Waals surface area contributed by atoms with Gasteiger partial charge < -0.3 is 10.2 Å². The normalized spacial score (nSPS) is 17.1. The van der Waals surface area contributed by atoms with Crippen molar-refractivity contribution in [2.45, 2.75) is 32.4 Å². The van der Waals surface area contributed by atoms with Crippen LogP contribution in [-0.4, -0.2) is 31.1 Å². The van der Waals surface area contributed by atoms with Crippen LogP contribution in [0, 0.1) is 11.7 Å². The van der Waals surface area contributed by atoms with Crippen LogP contribution in [0.1, 0.15) is 25.3 Å². The highest BCUT2D eigenvalue weighted by Gasteiger charge is 2.21. The molecule has 0 saturated heterocycles. The number of nitrogens with one attached hydrogen (secondary N) is 1. The van der Waals surface area contributed by atoms with Crippen LogP contribution < -0.4 is 5.32 Å². The Morgan fingerprint density at radius 3 is 2.78 bits per heavy atom. The van der Waals surface area contributed by atoms with Crippen LogP contribution >= 0.6 is 0 Å². The summed E-state index contributed by atoms with van der Waals surface area (Å²) >= 11 is 0. The molecule has 0 bridgehead atoms. The highest BCUT2D eigenvalue weighted by Crippen LogP contribution is 2.19. The molecule has 1 aliphatic carbocycles. The van der Waals surface area contributed by atoms with Gasteiger partial charge in [-0.15, -0.1) is 0 Å². The van der Waals surface area contributed by atoms with Gasteiger partial charge >= 0.3 is 0 Å². The van der Waals surface area contributed by atoms with Crippen molar-refractivity contribution in [2.75, 3.05) is 20.1 Å². The minimum atomic E-state index is -0.104.